The lowest BCUT2D eigenvalue weighted by Crippen LogP contribution is -2.30. The van der Waals surface area contributed by atoms with E-state index in [1.54, 1.807) is 0 Å². The van der Waals surface area contributed by atoms with Gasteiger partial charge in [-0.2, -0.15) is 13.2 Å². The van der Waals surface area contributed by atoms with Crippen molar-refractivity contribution < 1.29 is 31.9 Å². The molecule has 0 aliphatic heterocycles. The van der Waals surface area contributed by atoms with E-state index in [1.807, 2.05) is 0 Å². The van der Waals surface area contributed by atoms with Gasteiger partial charge < -0.3 is 14.6 Å². The molecule has 1 aromatic heterocycles. The number of aromatic nitrogens is 1. The average molecular weight is 386 g/mol. The number of alkyl halides is 3. The number of amides is 1. The molecule has 0 saturated heterocycles. The number of esters is 1. The van der Waals surface area contributed by atoms with Gasteiger partial charge in [0.25, 0.3) is 5.91 Å². The highest BCUT2D eigenvalue weighted by molar-refractivity contribution is 5.97. The monoisotopic (exact) mass is 386 g/mol. The normalized spacial score (nSPS) is 12.6. The predicted octanol–water partition coefficient (Wildman–Crippen LogP) is 3.99. The summed E-state index contributed by atoms with van der Waals surface area (Å²) in [4.78, 5) is 24.3. The molecular weight excluding hydrogens is 368 g/mol. The maximum Gasteiger partial charge on any atom is 0.406 e. The van der Waals surface area contributed by atoms with Crippen molar-refractivity contribution in [3.8, 4) is 0 Å². The second-order valence-electron chi connectivity index (χ2n) is 6.03. The van der Waals surface area contributed by atoms with Crippen molar-refractivity contribution in [2.24, 2.45) is 0 Å². The molecule has 0 spiro atoms. The van der Waals surface area contributed by atoms with Crippen LogP contribution in [0.2, 0.25) is 0 Å². The number of benzene rings is 1. The summed E-state index contributed by atoms with van der Waals surface area (Å²) in [6.07, 6.45) is -5.63. The number of hydrogen-bond donors (Lipinski definition) is 1. The Morgan fingerprint density at radius 3 is 2.33 bits per heavy atom. The Bertz CT molecular complexity index is 842. The smallest absolute Gasteiger partial charge is 0.406 e. The fraction of sp³-hybridized carbons (Fsp3) is 0.333. The van der Waals surface area contributed by atoms with E-state index in [0.717, 1.165) is 16.7 Å². The summed E-state index contributed by atoms with van der Waals surface area (Å²) in [6.45, 7) is 2.92. The molecule has 0 saturated carbocycles. The molecule has 1 amide bonds. The molecule has 9 heteroatoms. The van der Waals surface area contributed by atoms with Crippen LogP contribution in [0.4, 0.5) is 23.2 Å². The zero-order valence-electron chi connectivity index (χ0n) is 14.9. The molecule has 0 aliphatic rings. The third-order valence-electron chi connectivity index (χ3n) is 3.90. The van der Waals surface area contributed by atoms with Gasteiger partial charge in [0.15, 0.2) is 6.10 Å². The molecule has 1 unspecified atom stereocenters. The van der Waals surface area contributed by atoms with Gasteiger partial charge in [-0.05, 0) is 51.1 Å². The summed E-state index contributed by atoms with van der Waals surface area (Å²) in [5, 5.41) is 2.45. The van der Waals surface area contributed by atoms with Gasteiger partial charge in [-0.15, -0.1) is 0 Å². The fourth-order valence-corrected chi connectivity index (χ4v) is 2.49. The molecule has 5 nitrogen and oxygen atoms in total. The number of halogens is 4. The standard InChI is InChI=1S/C18H18F4N2O3/c1-10-8-15(11(2)24(10)9-18(20,21)22)17(26)27-12(3)16(25)23-14-6-4-13(19)5-7-14/h4-8,12H,9H2,1-3H3,(H,23,25). The van der Waals surface area contributed by atoms with Crippen LogP contribution in [-0.4, -0.2) is 28.7 Å². The summed E-state index contributed by atoms with van der Waals surface area (Å²) in [7, 11) is 0. The van der Waals surface area contributed by atoms with Crippen LogP contribution in [0, 0.1) is 19.7 Å². The first-order chi connectivity index (χ1) is 12.5. The highest BCUT2D eigenvalue weighted by Gasteiger charge is 2.31. The van der Waals surface area contributed by atoms with Gasteiger partial charge in [0, 0.05) is 17.1 Å². The van der Waals surface area contributed by atoms with Gasteiger partial charge in [0.2, 0.25) is 0 Å². The summed E-state index contributed by atoms with van der Waals surface area (Å²) in [5.41, 5.74) is 0.618. The van der Waals surface area contributed by atoms with E-state index in [1.165, 1.54) is 39.0 Å². The van der Waals surface area contributed by atoms with Crippen molar-refractivity contribution in [1.29, 1.82) is 0 Å². The Labute approximate surface area is 152 Å². The van der Waals surface area contributed by atoms with E-state index in [9.17, 15) is 27.2 Å². The summed E-state index contributed by atoms with van der Waals surface area (Å²) < 4.78 is 56.8. The van der Waals surface area contributed by atoms with Gasteiger partial charge in [-0.3, -0.25) is 4.79 Å². The van der Waals surface area contributed by atoms with Crippen LogP contribution in [0.3, 0.4) is 0 Å². The number of ether oxygens (including phenoxy) is 1. The van der Waals surface area contributed by atoms with Crippen LogP contribution in [0.25, 0.3) is 0 Å². The zero-order chi connectivity index (χ0) is 20.4. The minimum Gasteiger partial charge on any atom is -0.449 e. The lowest BCUT2D eigenvalue weighted by atomic mass is 10.2. The number of carbonyl (C=O) groups is 2. The summed E-state index contributed by atoms with van der Waals surface area (Å²) in [5.74, 6) is -2.03. The lowest BCUT2D eigenvalue weighted by molar-refractivity contribution is -0.141. The van der Waals surface area contributed by atoms with E-state index < -0.39 is 36.5 Å². The molecule has 0 bridgehead atoms. The minimum atomic E-state index is -4.43. The maximum absolute atomic E-state index is 12.9. The highest BCUT2D eigenvalue weighted by Crippen LogP contribution is 2.24. The Hall–Kier alpha value is -2.84. The topological polar surface area (TPSA) is 60.3 Å². The second kappa shape index (κ2) is 7.81. The Morgan fingerprint density at radius 2 is 1.78 bits per heavy atom. The van der Waals surface area contributed by atoms with Gasteiger partial charge in [-0.25, -0.2) is 9.18 Å². The highest BCUT2D eigenvalue weighted by atomic mass is 19.4. The van der Waals surface area contributed by atoms with E-state index in [0.29, 0.717) is 5.69 Å². The molecule has 1 atom stereocenters. The summed E-state index contributed by atoms with van der Waals surface area (Å²) >= 11 is 0. The first kappa shape index (κ1) is 20.5. The fourth-order valence-electron chi connectivity index (χ4n) is 2.49. The van der Waals surface area contributed by atoms with Crippen molar-refractivity contribution in [3.05, 3.63) is 53.1 Å². The number of aryl methyl sites for hydroxylation is 1. The van der Waals surface area contributed by atoms with Crippen LogP contribution >= 0.6 is 0 Å². The van der Waals surface area contributed by atoms with E-state index in [-0.39, 0.29) is 17.0 Å². The maximum atomic E-state index is 12.9. The number of anilines is 1. The molecular formula is C18H18F4N2O3. The largest absolute Gasteiger partial charge is 0.449 e. The number of rotatable bonds is 5. The zero-order valence-corrected chi connectivity index (χ0v) is 14.9. The van der Waals surface area contributed by atoms with E-state index in [4.69, 9.17) is 4.74 Å². The van der Waals surface area contributed by atoms with Crippen LogP contribution in [0.1, 0.15) is 28.7 Å². The molecule has 27 heavy (non-hydrogen) atoms. The lowest BCUT2D eigenvalue weighted by Gasteiger charge is -2.14. The Kier molecular flexibility index (Phi) is 5.92. The van der Waals surface area contributed by atoms with E-state index >= 15 is 0 Å². The molecule has 0 aliphatic carbocycles. The molecule has 1 heterocycles. The average Bonchev–Trinajstić information content (AvgIpc) is 2.83. The molecule has 2 rings (SSSR count). The van der Waals surface area contributed by atoms with Gasteiger partial charge in [0.1, 0.15) is 12.4 Å². The van der Waals surface area contributed by atoms with Crippen LogP contribution in [-0.2, 0) is 16.1 Å². The van der Waals surface area contributed by atoms with Gasteiger partial charge in [0.05, 0.1) is 5.56 Å². The summed E-state index contributed by atoms with van der Waals surface area (Å²) in [6, 6.07) is 6.27. The van der Waals surface area contributed by atoms with Crippen molar-refractivity contribution in [2.45, 2.75) is 39.6 Å². The van der Waals surface area contributed by atoms with Crippen molar-refractivity contribution in [1.82, 2.24) is 4.57 Å². The number of nitrogens with one attached hydrogen (secondary N) is 1. The third-order valence-corrected chi connectivity index (χ3v) is 3.90. The third kappa shape index (κ3) is 5.32. The first-order valence-electron chi connectivity index (χ1n) is 7.99. The minimum absolute atomic E-state index is 0.0433. The molecule has 2 aromatic rings. The van der Waals surface area contributed by atoms with Crippen molar-refractivity contribution in [3.63, 3.8) is 0 Å². The molecule has 146 valence electrons. The number of hydrogen-bond acceptors (Lipinski definition) is 3. The number of nitrogens with zero attached hydrogens (tertiary/aromatic N) is 1. The van der Waals surface area contributed by atoms with E-state index in [2.05, 4.69) is 5.32 Å². The Balaban J connectivity index is 2.06. The van der Waals surface area contributed by atoms with Gasteiger partial charge >= 0.3 is 12.1 Å². The van der Waals surface area contributed by atoms with Crippen molar-refractivity contribution in [2.75, 3.05) is 5.32 Å². The van der Waals surface area contributed by atoms with Crippen LogP contribution < -0.4 is 5.32 Å². The quantitative estimate of drug-likeness (QED) is 0.624. The molecule has 1 N–H and O–H groups in total. The Morgan fingerprint density at radius 1 is 1.19 bits per heavy atom. The number of carbonyl (C=O) groups excluding carboxylic acids is 2. The van der Waals surface area contributed by atoms with Crippen molar-refractivity contribution >= 4 is 17.6 Å². The molecule has 0 radical (unpaired) electrons. The van der Waals surface area contributed by atoms with Crippen LogP contribution in [0.5, 0.6) is 0 Å². The first-order valence-corrected chi connectivity index (χ1v) is 7.99. The molecule has 1 aromatic carbocycles. The van der Waals surface area contributed by atoms with Crippen LogP contribution in [0.15, 0.2) is 30.3 Å². The molecule has 0 fully saturated rings. The predicted molar refractivity (Wildman–Crippen MR) is 89.9 cm³/mol. The SMILES string of the molecule is Cc1cc(C(=O)OC(C)C(=O)Nc2ccc(F)cc2)c(C)n1CC(F)(F)F. The van der Waals surface area contributed by atoms with Gasteiger partial charge in [-0.1, -0.05) is 0 Å². The second-order valence-corrected chi connectivity index (χ2v) is 6.03.